The Morgan fingerprint density at radius 3 is 2.68 bits per heavy atom. The summed E-state index contributed by atoms with van der Waals surface area (Å²) in [5, 5.41) is 10.9. The van der Waals surface area contributed by atoms with Crippen LogP contribution in [-0.2, 0) is 4.79 Å². The number of benzene rings is 2. The van der Waals surface area contributed by atoms with E-state index >= 15 is 0 Å². The zero-order valence-electron chi connectivity index (χ0n) is 11.7. The fraction of sp³-hybridized carbons (Fsp3) is 0.0625. The van der Waals surface area contributed by atoms with Gasteiger partial charge in [-0.1, -0.05) is 28.1 Å². The van der Waals surface area contributed by atoms with Crippen LogP contribution in [0.3, 0.4) is 0 Å². The molecule has 1 aliphatic rings. The summed E-state index contributed by atoms with van der Waals surface area (Å²) in [5.74, 6) is -0.233. The minimum atomic E-state index is -0.233. The SMILES string of the molecule is CSc1ccc(/C=N/N=C2\C(=O)Nc3ccc(Br)cc32)cc1. The molecular formula is C16H12BrN3OS. The van der Waals surface area contributed by atoms with E-state index in [4.69, 9.17) is 0 Å². The molecule has 0 fully saturated rings. The van der Waals surface area contributed by atoms with Crippen LogP contribution >= 0.6 is 27.7 Å². The van der Waals surface area contributed by atoms with Crippen molar-refractivity contribution in [1.29, 1.82) is 0 Å². The average Bonchev–Trinajstić information content (AvgIpc) is 2.83. The average molecular weight is 374 g/mol. The Morgan fingerprint density at radius 2 is 1.95 bits per heavy atom. The van der Waals surface area contributed by atoms with Crippen LogP contribution in [0.4, 0.5) is 5.69 Å². The molecule has 0 aliphatic carbocycles. The Bertz CT molecular complexity index is 784. The fourth-order valence-electron chi connectivity index (χ4n) is 2.07. The molecule has 0 bridgehead atoms. The van der Waals surface area contributed by atoms with Gasteiger partial charge in [0.15, 0.2) is 5.71 Å². The molecule has 1 aliphatic heterocycles. The van der Waals surface area contributed by atoms with Crippen LogP contribution < -0.4 is 5.32 Å². The van der Waals surface area contributed by atoms with Crippen molar-refractivity contribution < 1.29 is 4.79 Å². The summed E-state index contributed by atoms with van der Waals surface area (Å²) in [4.78, 5) is 13.1. The Labute approximate surface area is 140 Å². The van der Waals surface area contributed by atoms with Gasteiger partial charge in [0.2, 0.25) is 0 Å². The summed E-state index contributed by atoms with van der Waals surface area (Å²) in [6.45, 7) is 0. The molecule has 2 aromatic rings. The Morgan fingerprint density at radius 1 is 1.18 bits per heavy atom. The van der Waals surface area contributed by atoms with E-state index in [9.17, 15) is 4.79 Å². The predicted octanol–water partition coefficient (Wildman–Crippen LogP) is 3.95. The van der Waals surface area contributed by atoms with Gasteiger partial charge in [-0.15, -0.1) is 16.9 Å². The fourth-order valence-corrected chi connectivity index (χ4v) is 2.84. The van der Waals surface area contributed by atoms with Gasteiger partial charge in [-0.3, -0.25) is 4.79 Å². The molecule has 4 nitrogen and oxygen atoms in total. The Kier molecular flexibility index (Phi) is 4.40. The number of rotatable bonds is 3. The normalized spacial score (nSPS) is 15.4. The second kappa shape index (κ2) is 6.46. The van der Waals surface area contributed by atoms with E-state index in [0.717, 1.165) is 21.3 Å². The molecule has 0 atom stereocenters. The highest BCUT2D eigenvalue weighted by molar-refractivity contribution is 9.10. The van der Waals surface area contributed by atoms with Crippen LogP contribution in [0.15, 0.2) is 62.0 Å². The van der Waals surface area contributed by atoms with Gasteiger partial charge in [-0.2, -0.15) is 5.10 Å². The lowest BCUT2D eigenvalue weighted by Crippen LogP contribution is -2.13. The first kappa shape index (κ1) is 15.0. The molecule has 0 saturated heterocycles. The number of carbonyl (C=O) groups excluding carboxylic acids is 1. The van der Waals surface area contributed by atoms with Gasteiger partial charge in [0.25, 0.3) is 5.91 Å². The first-order chi connectivity index (χ1) is 10.7. The van der Waals surface area contributed by atoms with Crippen molar-refractivity contribution in [3.05, 3.63) is 58.1 Å². The summed E-state index contributed by atoms with van der Waals surface area (Å²) >= 11 is 5.08. The first-order valence-electron chi connectivity index (χ1n) is 6.54. The van der Waals surface area contributed by atoms with E-state index in [2.05, 4.69) is 31.4 Å². The highest BCUT2D eigenvalue weighted by Crippen LogP contribution is 2.26. The summed E-state index contributed by atoms with van der Waals surface area (Å²) in [7, 11) is 0. The number of nitrogens with zero attached hydrogens (tertiary/aromatic N) is 2. The number of carbonyl (C=O) groups is 1. The van der Waals surface area contributed by atoms with Gasteiger partial charge in [0.05, 0.1) is 11.9 Å². The molecule has 22 heavy (non-hydrogen) atoms. The van der Waals surface area contributed by atoms with Crippen molar-refractivity contribution in [1.82, 2.24) is 0 Å². The summed E-state index contributed by atoms with van der Waals surface area (Å²) in [6, 6.07) is 13.5. The minimum Gasteiger partial charge on any atom is -0.320 e. The summed E-state index contributed by atoms with van der Waals surface area (Å²) < 4.78 is 0.895. The van der Waals surface area contributed by atoms with E-state index in [-0.39, 0.29) is 5.91 Å². The Hall–Kier alpha value is -1.92. The number of hydrogen-bond acceptors (Lipinski definition) is 4. The van der Waals surface area contributed by atoms with Crippen molar-refractivity contribution in [3.8, 4) is 0 Å². The number of halogens is 1. The molecular weight excluding hydrogens is 362 g/mol. The smallest absolute Gasteiger partial charge is 0.276 e. The third-order valence-electron chi connectivity index (χ3n) is 3.18. The van der Waals surface area contributed by atoms with Crippen molar-refractivity contribution in [2.75, 3.05) is 11.6 Å². The van der Waals surface area contributed by atoms with Crippen LogP contribution in [0.5, 0.6) is 0 Å². The number of anilines is 1. The van der Waals surface area contributed by atoms with Crippen LogP contribution in [0.2, 0.25) is 0 Å². The molecule has 1 amide bonds. The highest BCUT2D eigenvalue weighted by atomic mass is 79.9. The van der Waals surface area contributed by atoms with E-state index < -0.39 is 0 Å². The molecule has 0 spiro atoms. The van der Waals surface area contributed by atoms with Gasteiger partial charge in [-0.05, 0) is 42.2 Å². The maximum absolute atomic E-state index is 11.9. The molecule has 110 valence electrons. The monoisotopic (exact) mass is 373 g/mol. The van der Waals surface area contributed by atoms with Crippen molar-refractivity contribution >= 4 is 51.2 Å². The van der Waals surface area contributed by atoms with Gasteiger partial charge in [-0.25, -0.2) is 0 Å². The van der Waals surface area contributed by atoms with E-state index in [1.807, 2.05) is 48.7 Å². The zero-order valence-corrected chi connectivity index (χ0v) is 14.1. The zero-order chi connectivity index (χ0) is 15.5. The molecule has 1 heterocycles. The largest absolute Gasteiger partial charge is 0.320 e. The lowest BCUT2D eigenvalue weighted by Gasteiger charge is -1.97. The van der Waals surface area contributed by atoms with Gasteiger partial charge in [0.1, 0.15) is 0 Å². The number of hydrogen-bond donors (Lipinski definition) is 1. The van der Waals surface area contributed by atoms with Gasteiger partial charge < -0.3 is 5.32 Å². The molecule has 0 radical (unpaired) electrons. The summed E-state index contributed by atoms with van der Waals surface area (Å²) in [6.07, 6.45) is 3.67. The maximum Gasteiger partial charge on any atom is 0.276 e. The first-order valence-corrected chi connectivity index (χ1v) is 8.55. The van der Waals surface area contributed by atoms with Crippen molar-refractivity contribution in [3.63, 3.8) is 0 Å². The molecule has 0 aromatic heterocycles. The quantitative estimate of drug-likeness (QED) is 0.503. The minimum absolute atomic E-state index is 0.233. The highest BCUT2D eigenvalue weighted by Gasteiger charge is 2.26. The van der Waals surface area contributed by atoms with E-state index in [0.29, 0.717) is 5.71 Å². The van der Waals surface area contributed by atoms with Crippen LogP contribution in [0.1, 0.15) is 11.1 Å². The third-order valence-corrected chi connectivity index (χ3v) is 4.42. The second-order valence-electron chi connectivity index (χ2n) is 4.61. The van der Waals surface area contributed by atoms with Gasteiger partial charge in [0, 0.05) is 14.9 Å². The lowest BCUT2D eigenvalue weighted by atomic mass is 10.1. The Balaban J connectivity index is 1.84. The molecule has 6 heteroatoms. The summed E-state index contributed by atoms with van der Waals surface area (Å²) in [5.41, 5.74) is 2.78. The number of thioether (sulfide) groups is 1. The van der Waals surface area contributed by atoms with E-state index in [1.165, 1.54) is 4.90 Å². The van der Waals surface area contributed by atoms with Crippen LogP contribution in [0, 0.1) is 0 Å². The molecule has 3 rings (SSSR count). The van der Waals surface area contributed by atoms with Crippen molar-refractivity contribution in [2.24, 2.45) is 10.2 Å². The number of nitrogens with one attached hydrogen (secondary N) is 1. The van der Waals surface area contributed by atoms with Crippen LogP contribution in [0.25, 0.3) is 0 Å². The van der Waals surface area contributed by atoms with Gasteiger partial charge >= 0.3 is 0 Å². The van der Waals surface area contributed by atoms with Crippen molar-refractivity contribution in [2.45, 2.75) is 4.90 Å². The number of fused-ring (bicyclic) bond motifs is 1. The molecule has 0 unspecified atom stereocenters. The molecule has 1 N–H and O–H groups in total. The van der Waals surface area contributed by atoms with E-state index in [1.54, 1.807) is 18.0 Å². The second-order valence-corrected chi connectivity index (χ2v) is 6.41. The number of amides is 1. The lowest BCUT2D eigenvalue weighted by molar-refractivity contribution is -0.110. The van der Waals surface area contributed by atoms with Crippen LogP contribution in [-0.4, -0.2) is 24.1 Å². The third kappa shape index (κ3) is 3.13. The predicted molar refractivity (Wildman–Crippen MR) is 95.1 cm³/mol. The topological polar surface area (TPSA) is 53.8 Å². The maximum atomic E-state index is 11.9. The standard InChI is InChI=1S/C16H12BrN3OS/c1-22-12-5-2-10(3-6-12)9-18-20-15-13-8-11(17)4-7-14(13)19-16(15)21/h2-9H,1H3,(H,19,20,21)/b18-9+. The molecule has 0 saturated carbocycles. The molecule has 2 aromatic carbocycles.